The van der Waals surface area contributed by atoms with E-state index in [1.165, 1.54) is 18.3 Å². The largest absolute Gasteiger partial charge is 0.448 e. The Hall–Kier alpha value is -2.58. The summed E-state index contributed by atoms with van der Waals surface area (Å²) >= 11 is 19.1. The van der Waals surface area contributed by atoms with Crippen molar-refractivity contribution in [3.05, 3.63) is 74.2 Å². The summed E-state index contributed by atoms with van der Waals surface area (Å²) in [4.78, 5) is 26.3. The van der Waals surface area contributed by atoms with E-state index in [-0.39, 0.29) is 0 Å². The first-order chi connectivity index (χ1) is 15.2. The van der Waals surface area contributed by atoms with Crippen molar-refractivity contribution in [1.29, 1.82) is 0 Å². The predicted molar refractivity (Wildman–Crippen MR) is 129 cm³/mol. The normalized spacial score (nSPS) is 12.0. The molecule has 1 unspecified atom stereocenters. The van der Waals surface area contributed by atoms with E-state index in [2.05, 4.69) is 10.4 Å². The monoisotopic (exact) mass is 507 g/mol. The van der Waals surface area contributed by atoms with Crippen molar-refractivity contribution in [2.45, 2.75) is 20.0 Å². The van der Waals surface area contributed by atoms with E-state index in [1.54, 1.807) is 41.1 Å². The second-order valence-corrected chi connectivity index (χ2v) is 9.34. The smallest absolute Gasteiger partial charge is 0.349 e. The number of aryl methyl sites for hydroxylation is 1. The Labute approximate surface area is 202 Å². The Morgan fingerprint density at radius 3 is 2.34 bits per heavy atom. The van der Waals surface area contributed by atoms with Crippen molar-refractivity contribution in [2.24, 2.45) is 0 Å². The average molecular weight is 509 g/mol. The van der Waals surface area contributed by atoms with Crippen LogP contribution in [0.5, 0.6) is 0 Å². The number of ether oxygens (including phenoxy) is 1. The van der Waals surface area contributed by atoms with Gasteiger partial charge in [0, 0.05) is 26.1 Å². The van der Waals surface area contributed by atoms with Gasteiger partial charge in [-0.05, 0) is 62.4 Å². The number of fused-ring (bicyclic) bond motifs is 1. The highest BCUT2D eigenvalue weighted by Crippen LogP contribution is 2.31. The third-order valence-corrected chi connectivity index (χ3v) is 6.38. The van der Waals surface area contributed by atoms with Gasteiger partial charge in [0.25, 0.3) is 5.91 Å². The van der Waals surface area contributed by atoms with Crippen molar-refractivity contribution in [2.75, 3.05) is 5.32 Å². The van der Waals surface area contributed by atoms with Crippen LogP contribution in [-0.4, -0.2) is 27.8 Å². The molecule has 0 bridgehead atoms. The van der Waals surface area contributed by atoms with Crippen molar-refractivity contribution >= 4 is 73.9 Å². The minimum atomic E-state index is -1.03. The topological polar surface area (TPSA) is 73.2 Å². The quantitative estimate of drug-likeness (QED) is 0.311. The SMILES string of the molecule is Cc1nn(-c2ccc(Cl)cc2)c2sc(C(=O)OC(C)C(=O)Nc3cc(Cl)cc(Cl)c3)cc12. The van der Waals surface area contributed by atoms with Gasteiger partial charge in [0.05, 0.1) is 11.4 Å². The van der Waals surface area contributed by atoms with Crippen LogP contribution in [0.3, 0.4) is 0 Å². The third-order valence-electron chi connectivity index (χ3n) is 4.60. The van der Waals surface area contributed by atoms with E-state index >= 15 is 0 Å². The lowest BCUT2D eigenvalue weighted by Crippen LogP contribution is -2.29. The molecule has 0 aliphatic carbocycles. The summed E-state index contributed by atoms with van der Waals surface area (Å²) in [6.45, 7) is 3.36. The molecule has 6 nitrogen and oxygen atoms in total. The zero-order valence-corrected chi connectivity index (χ0v) is 19.9. The molecule has 0 spiro atoms. The van der Waals surface area contributed by atoms with Crippen molar-refractivity contribution in [1.82, 2.24) is 9.78 Å². The number of nitrogens with one attached hydrogen (secondary N) is 1. The number of hydrogen-bond donors (Lipinski definition) is 1. The second kappa shape index (κ2) is 9.11. The molecule has 0 aliphatic heterocycles. The number of carbonyl (C=O) groups is 2. The summed E-state index contributed by atoms with van der Waals surface area (Å²) in [6.07, 6.45) is -1.03. The average Bonchev–Trinajstić information content (AvgIpc) is 3.28. The van der Waals surface area contributed by atoms with Crippen LogP contribution in [0.15, 0.2) is 48.5 Å². The number of carbonyl (C=O) groups excluding carboxylic acids is 2. The minimum Gasteiger partial charge on any atom is -0.448 e. The molecule has 0 saturated carbocycles. The third kappa shape index (κ3) is 4.76. The van der Waals surface area contributed by atoms with E-state index in [0.29, 0.717) is 25.6 Å². The Kier molecular flexibility index (Phi) is 6.44. The zero-order valence-electron chi connectivity index (χ0n) is 16.9. The van der Waals surface area contributed by atoms with Gasteiger partial charge in [-0.25, -0.2) is 9.48 Å². The number of anilines is 1. The maximum absolute atomic E-state index is 12.7. The van der Waals surface area contributed by atoms with E-state index in [4.69, 9.17) is 39.5 Å². The molecule has 0 radical (unpaired) electrons. The molecule has 4 rings (SSSR count). The van der Waals surface area contributed by atoms with Crippen LogP contribution in [0.4, 0.5) is 5.69 Å². The number of amides is 1. The van der Waals surface area contributed by atoms with Gasteiger partial charge < -0.3 is 10.1 Å². The molecule has 2 aromatic heterocycles. The Morgan fingerprint density at radius 1 is 1.03 bits per heavy atom. The molecule has 0 saturated heterocycles. The molecule has 1 amide bonds. The number of rotatable bonds is 5. The fourth-order valence-corrected chi connectivity index (χ4v) is 4.76. The van der Waals surface area contributed by atoms with Gasteiger partial charge in [0.1, 0.15) is 9.71 Å². The van der Waals surface area contributed by atoms with Crippen LogP contribution in [0.25, 0.3) is 15.9 Å². The summed E-state index contributed by atoms with van der Waals surface area (Å²) in [5, 5.41) is 9.41. The van der Waals surface area contributed by atoms with E-state index < -0.39 is 18.0 Å². The van der Waals surface area contributed by atoms with Gasteiger partial charge in [-0.3, -0.25) is 4.79 Å². The number of esters is 1. The first-order valence-corrected chi connectivity index (χ1v) is 11.4. The van der Waals surface area contributed by atoms with Gasteiger partial charge >= 0.3 is 5.97 Å². The zero-order chi connectivity index (χ0) is 23.0. The van der Waals surface area contributed by atoms with E-state index in [0.717, 1.165) is 21.6 Å². The number of benzene rings is 2. The molecule has 164 valence electrons. The molecule has 0 fully saturated rings. The second-order valence-electron chi connectivity index (χ2n) is 7.00. The standard InChI is InChI=1S/C22H16Cl3N3O3S/c1-11-18-10-19(32-21(18)28(27-11)17-5-3-13(23)4-6-17)22(30)31-12(2)20(29)26-16-8-14(24)7-15(25)9-16/h3-10,12H,1-2H3,(H,26,29). The molecular weight excluding hydrogens is 493 g/mol. The van der Waals surface area contributed by atoms with Gasteiger partial charge in [0.15, 0.2) is 6.10 Å². The molecule has 10 heteroatoms. The first-order valence-electron chi connectivity index (χ1n) is 9.44. The molecule has 1 atom stereocenters. The van der Waals surface area contributed by atoms with Crippen LogP contribution in [-0.2, 0) is 9.53 Å². The van der Waals surface area contributed by atoms with E-state index in [1.807, 2.05) is 19.1 Å². The highest BCUT2D eigenvalue weighted by Gasteiger charge is 2.23. The van der Waals surface area contributed by atoms with Gasteiger partial charge in [-0.15, -0.1) is 11.3 Å². The first kappa shape index (κ1) is 22.6. The molecule has 0 aliphatic rings. The van der Waals surface area contributed by atoms with Gasteiger partial charge in [0.2, 0.25) is 0 Å². The lowest BCUT2D eigenvalue weighted by Gasteiger charge is -2.13. The molecule has 32 heavy (non-hydrogen) atoms. The summed E-state index contributed by atoms with van der Waals surface area (Å²) in [5.74, 6) is -1.10. The molecule has 1 N–H and O–H groups in total. The fourth-order valence-electron chi connectivity index (χ4n) is 3.05. The predicted octanol–water partition coefficient (Wildman–Crippen LogP) is 6.54. The lowest BCUT2D eigenvalue weighted by atomic mass is 10.3. The van der Waals surface area contributed by atoms with Crippen molar-refractivity contribution < 1.29 is 14.3 Å². The molecular formula is C22H16Cl3N3O3S. The number of aromatic nitrogens is 2. The Morgan fingerprint density at radius 2 is 1.69 bits per heavy atom. The van der Waals surface area contributed by atoms with Crippen LogP contribution in [0, 0.1) is 6.92 Å². The Bertz CT molecular complexity index is 1310. The fraction of sp³-hybridized carbons (Fsp3) is 0.136. The van der Waals surface area contributed by atoms with Gasteiger partial charge in [-0.2, -0.15) is 5.10 Å². The minimum absolute atomic E-state index is 0.369. The summed E-state index contributed by atoms with van der Waals surface area (Å²) in [5.41, 5.74) is 2.01. The number of thiophene rings is 1. The molecule has 2 heterocycles. The maximum Gasteiger partial charge on any atom is 0.349 e. The lowest BCUT2D eigenvalue weighted by molar-refractivity contribution is -0.123. The molecule has 4 aromatic rings. The summed E-state index contributed by atoms with van der Waals surface area (Å²) in [6, 6.07) is 13.6. The van der Waals surface area contributed by atoms with Crippen LogP contribution in [0.1, 0.15) is 22.3 Å². The Balaban J connectivity index is 1.51. The molecule has 2 aromatic carbocycles. The summed E-state index contributed by atoms with van der Waals surface area (Å²) in [7, 11) is 0. The van der Waals surface area contributed by atoms with Crippen molar-refractivity contribution in [3.63, 3.8) is 0 Å². The number of hydrogen-bond acceptors (Lipinski definition) is 5. The van der Waals surface area contributed by atoms with Crippen LogP contribution < -0.4 is 5.32 Å². The van der Waals surface area contributed by atoms with E-state index in [9.17, 15) is 9.59 Å². The van der Waals surface area contributed by atoms with Gasteiger partial charge in [-0.1, -0.05) is 34.8 Å². The number of halogens is 3. The highest BCUT2D eigenvalue weighted by molar-refractivity contribution is 7.20. The summed E-state index contributed by atoms with van der Waals surface area (Å²) < 4.78 is 7.13. The highest BCUT2D eigenvalue weighted by atomic mass is 35.5. The van der Waals surface area contributed by atoms with Crippen LogP contribution in [0.2, 0.25) is 15.1 Å². The van der Waals surface area contributed by atoms with Crippen LogP contribution >= 0.6 is 46.1 Å². The number of nitrogens with zero attached hydrogens (tertiary/aromatic N) is 2. The van der Waals surface area contributed by atoms with Crippen molar-refractivity contribution in [3.8, 4) is 5.69 Å². The maximum atomic E-state index is 12.7.